The fraction of sp³-hybridized carbons (Fsp3) is 0.103. The first-order valence-electron chi connectivity index (χ1n) is 12.3. The van der Waals surface area contributed by atoms with Gasteiger partial charge in [0.25, 0.3) is 21.6 Å². The first kappa shape index (κ1) is 30.0. The van der Waals surface area contributed by atoms with Crippen molar-refractivity contribution in [3.63, 3.8) is 0 Å². The molecule has 4 rings (SSSR count). The standard InChI is InChI=1S/C29H24ClN3O8S/c30-25-15-14-24(17-26(25)33(36)37)42(38,39)32-28(34)27(41-29(31)35)16-19-8-12-23(13-9-19)40-18-20-6-10-22(11-7-20)21-4-2-1-3-5-21/h1-15,17,27H,16,18H2,(H2,31,35)(H,32,34)/t27-/m0/s1. The first-order chi connectivity index (χ1) is 20.0. The lowest BCUT2D eigenvalue weighted by Gasteiger charge is -2.17. The van der Waals surface area contributed by atoms with Gasteiger partial charge in [-0.15, -0.1) is 0 Å². The minimum atomic E-state index is -4.58. The predicted octanol–water partition coefficient (Wildman–Crippen LogP) is 5.01. The molecule has 42 heavy (non-hydrogen) atoms. The van der Waals surface area contributed by atoms with Crippen LogP contribution in [0, 0.1) is 10.1 Å². The summed E-state index contributed by atoms with van der Waals surface area (Å²) in [7, 11) is -4.58. The summed E-state index contributed by atoms with van der Waals surface area (Å²) in [6.07, 6.45) is -3.13. The molecule has 0 aliphatic heterocycles. The lowest BCUT2D eigenvalue weighted by Crippen LogP contribution is -2.43. The van der Waals surface area contributed by atoms with Crippen LogP contribution in [-0.2, 0) is 32.6 Å². The van der Waals surface area contributed by atoms with Crippen molar-refractivity contribution in [3.05, 3.63) is 123 Å². The minimum absolute atomic E-state index is 0.216. The number of rotatable bonds is 11. The Kier molecular flexibility index (Phi) is 9.40. The van der Waals surface area contributed by atoms with E-state index in [1.165, 1.54) is 0 Å². The van der Waals surface area contributed by atoms with Crippen molar-refractivity contribution < 1.29 is 32.4 Å². The van der Waals surface area contributed by atoms with Gasteiger partial charge in [0.05, 0.1) is 9.82 Å². The molecule has 0 bridgehead atoms. The normalized spacial score (nSPS) is 11.7. The number of nitro groups is 1. The molecule has 0 aliphatic carbocycles. The molecule has 11 nitrogen and oxygen atoms in total. The molecule has 216 valence electrons. The SMILES string of the molecule is NC(=O)O[C@@H](Cc1ccc(OCc2ccc(-c3ccccc3)cc2)cc1)C(=O)NS(=O)(=O)c1ccc(Cl)c([N+](=O)[O-])c1. The highest BCUT2D eigenvalue weighted by molar-refractivity contribution is 7.90. The lowest BCUT2D eigenvalue weighted by molar-refractivity contribution is -0.384. The van der Waals surface area contributed by atoms with E-state index in [0.29, 0.717) is 24.0 Å². The van der Waals surface area contributed by atoms with Crippen molar-refractivity contribution >= 4 is 39.3 Å². The van der Waals surface area contributed by atoms with E-state index in [-0.39, 0.29) is 11.4 Å². The number of primary amides is 1. The number of halogens is 1. The highest BCUT2D eigenvalue weighted by Gasteiger charge is 2.29. The number of nitrogens with one attached hydrogen (secondary N) is 1. The summed E-state index contributed by atoms with van der Waals surface area (Å²) in [5, 5.41) is 10.8. The van der Waals surface area contributed by atoms with Gasteiger partial charge in [0, 0.05) is 12.5 Å². The summed E-state index contributed by atoms with van der Waals surface area (Å²) in [4.78, 5) is 33.9. The van der Waals surface area contributed by atoms with E-state index in [9.17, 15) is 28.1 Å². The Morgan fingerprint density at radius 2 is 1.52 bits per heavy atom. The summed E-state index contributed by atoms with van der Waals surface area (Å²) in [6.45, 7) is 0.310. The topological polar surface area (TPSA) is 168 Å². The van der Waals surface area contributed by atoms with Crippen LogP contribution in [0.15, 0.2) is 102 Å². The maximum Gasteiger partial charge on any atom is 0.405 e. The van der Waals surface area contributed by atoms with Gasteiger partial charge in [0.1, 0.15) is 17.4 Å². The molecule has 3 N–H and O–H groups in total. The molecule has 0 radical (unpaired) electrons. The molecule has 0 saturated carbocycles. The summed E-state index contributed by atoms with van der Waals surface area (Å²) >= 11 is 5.73. The van der Waals surface area contributed by atoms with Crippen LogP contribution in [0.5, 0.6) is 5.75 Å². The molecule has 0 heterocycles. The van der Waals surface area contributed by atoms with E-state index in [0.717, 1.165) is 28.8 Å². The molecule has 0 aromatic heterocycles. The second-order valence-corrected chi connectivity index (χ2v) is 11.1. The van der Waals surface area contributed by atoms with E-state index in [4.69, 9.17) is 26.8 Å². The third kappa shape index (κ3) is 7.83. The molecule has 13 heteroatoms. The number of nitrogens with two attached hydrogens (primary N) is 1. The molecule has 0 aliphatic rings. The zero-order chi connectivity index (χ0) is 30.3. The van der Waals surface area contributed by atoms with Crippen LogP contribution in [0.2, 0.25) is 5.02 Å². The number of sulfonamides is 1. The van der Waals surface area contributed by atoms with Crippen LogP contribution >= 0.6 is 11.6 Å². The Labute approximate surface area is 246 Å². The van der Waals surface area contributed by atoms with E-state index in [1.54, 1.807) is 29.0 Å². The number of benzene rings is 4. The van der Waals surface area contributed by atoms with E-state index < -0.39 is 43.6 Å². The van der Waals surface area contributed by atoms with Crippen molar-refractivity contribution in [1.82, 2.24) is 4.72 Å². The number of nitrogens with zero attached hydrogens (tertiary/aromatic N) is 1. The van der Waals surface area contributed by atoms with Gasteiger partial charge in [0.15, 0.2) is 6.10 Å². The maximum atomic E-state index is 12.8. The molecule has 4 aromatic rings. The van der Waals surface area contributed by atoms with Crippen LogP contribution in [-0.4, -0.2) is 31.4 Å². The van der Waals surface area contributed by atoms with E-state index >= 15 is 0 Å². The van der Waals surface area contributed by atoms with E-state index in [2.05, 4.69) is 0 Å². The van der Waals surface area contributed by atoms with Crippen LogP contribution in [0.1, 0.15) is 11.1 Å². The number of amides is 2. The quantitative estimate of drug-likeness (QED) is 0.177. The highest BCUT2D eigenvalue weighted by atomic mass is 35.5. The summed E-state index contributed by atoms with van der Waals surface area (Å²) in [6, 6.07) is 27.2. The largest absolute Gasteiger partial charge is 0.489 e. The number of hydrogen-bond acceptors (Lipinski definition) is 8. The minimum Gasteiger partial charge on any atom is -0.489 e. The summed E-state index contributed by atoms with van der Waals surface area (Å²) in [5.41, 5.74) is 8.09. The van der Waals surface area contributed by atoms with Crippen LogP contribution in [0.4, 0.5) is 10.5 Å². The van der Waals surface area contributed by atoms with Crippen molar-refractivity contribution in [3.8, 4) is 16.9 Å². The Morgan fingerprint density at radius 3 is 2.14 bits per heavy atom. The van der Waals surface area contributed by atoms with Gasteiger partial charge < -0.3 is 15.2 Å². The van der Waals surface area contributed by atoms with Gasteiger partial charge in [-0.2, -0.15) is 0 Å². The van der Waals surface area contributed by atoms with Gasteiger partial charge >= 0.3 is 6.09 Å². The predicted molar refractivity (Wildman–Crippen MR) is 154 cm³/mol. The third-order valence-electron chi connectivity index (χ3n) is 6.02. The lowest BCUT2D eigenvalue weighted by atomic mass is 10.0. The zero-order valence-electron chi connectivity index (χ0n) is 21.8. The highest BCUT2D eigenvalue weighted by Crippen LogP contribution is 2.27. The van der Waals surface area contributed by atoms with Gasteiger partial charge in [-0.3, -0.25) is 14.9 Å². The molecule has 4 aromatic carbocycles. The van der Waals surface area contributed by atoms with Gasteiger partial charge in [0.2, 0.25) is 0 Å². The molecular formula is C29H24ClN3O8S. The van der Waals surface area contributed by atoms with Gasteiger partial charge in [-0.05, 0) is 46.5 Å². The first-order valence-corrected chi connectivity index (χ1v) is 14.2. The fourth-order valence-corrected chi connectivity index (χ4v) is 5.13. The number of hydrogen-bond donors (Lipinski definition) is 2. The summed E-state index contributed by atoms with van der Waals surface area (Å²) in [5.74, 6) is -0.666. The van der Waals surface area contributed by atoms with Crippen LogP contribution in [0.25, 0.3) is 11.1 Å². The third-order valence-corrected chi connectivity index (χ3v) is 7.69. The van der Waals surface area contributed by atoms with E-state index in [1.807, 2.05) is 54.6 Å². The maximum absolute atomic E-state index is 12.8. The number of carbonyl (C=O) groups excluding carboxylic acids is 2. The average molecular weight is 610 g/mol. The molecule has 0 unspecified atom stereocenters. The van der Waals surface area contributed by atoms with Crippen LogP contribution in [0.3, 0.4) is 0 Å². The Hall–Kier alpha value is -4.94. The number of carbonyl (C=O) groups is 2. The Bertz CT molecular complexity index is 1700. The van der Waals surface area contributed by atoms with Crippen molar-refractivity contribution in [2.45, 2.75) is 24.0 Å². The second-order valence-electron chi connectivity index (χ2n) is 8.97. The average Bonchev–Trinajstić information content (AvgIpc) is 2.96. The smallest absolute Gasteiger partial charge is 0.405 e. The molecule has 0 spiro atoms. The zero-order valence-corrected chi connectivity index (χ0v) is 23.4. The Balaban J connectivity index is 1.39. The second kappa shape index (κ2) is 13.1. The monoisotopic (exact) mass is 609 g/mol. The van der Waals surface area contributed by atoms with Crippen molar-refractivity contribution in [2.75, 3.05) is 0 Å². The number of nitro benzene ring substituents is 1. The molecular weight excluding hydrogens is 586 g/mol. The number of ether oxygens (including phenoxy) is 2. The van der Waals surface area contributed by atoms with Crippen molar-refractivity contribution in [1.29, 1.82) is 0 Å². The van der Waals surface area contributed by atoms with Crippen LogP contribution < -0.4 is 15.2 Å². The van der Waals surface area contributed by atoms with Gasteiger partial charge in [-0.25, -0.2) is 17.9 Å². The Morgan fingerprint density at radius 1 is 0.905 bits per heavy atom. The van der Waals surface area contributed by atoms with Gasteiger partial charge in [-0.1, -0.05) is 78.3 Å². The molecule has 1 atom stereocenters. The van der Waals surface area contributed by atoms with Crippen molar-refractivity contribution in [2.24, 2.45) is 5.73 Å². The fourth-order valence-electron chi connectivity index (χ4n) is 3.91. The molecule has 0 saturated heterocycles. The summed E-state index contributed by atoms with van der Waals surface area (Å²) < 4.78 is 37.9. The molecule has 0 fully saturated rings. The molecule has 2 amide bonds.